The van der Waals surface area contributed by atoms with Crippen molar-refractivity contribution < 1.29 is 9.15 Å². The molecule has 24 heavy (non-hydrogen) atoms. The second-order valence-electron chi connectivity index (χ2n) is 4.61. The van der Waals surface area contributed by atoms with E-state index in [9.17, 15) is 0 Å². The molecule has 3 aromatic rings. The third kappa shape index (κ3) is 3.90. The van der Waals surface area contributed by atoms with Gasteiger partial charge in [0.2, 0.25) is 5.89 Å². The summed E-state index contributed by atoms with van der Waals surface area (Å²) in [5.41, 5.74) is 0.572. The Morgan fingerprint density at radius 3 is 2.17 bits per heavy atom. The summed E-state index contributed by atoms with van der Waals surface area (Å²) in [5, 5.41) is 9.74. The van der Waals surface area contributed by atoms with E-state index < -0.39 is 0 Å². The van der Waals surface area contributed by atoms with Crippen LogP contribution in [0.2, 0.25) is 25.1 Å². The molecule has 1 aromatic heterocycles. The van der Waals surface area contributed by atoms with E-state index in [0.29, 0.717) is 20.6 Å². The average molecular weight is 424 g/mol. The van der Waals surface area contributed by atoms with Crippen molar-refractivity contribution in [2.24, 2.45) is 0 Å². The van der Waals surface area contributed by atoms with Crippen LogP contribution in [0.5, 0.6) is 5.75 Å². The molecule has 124 valence electrons. The van der Waals surface area contributed by atoms with Crippen LogP contribution in [0.4, 0.5) is 0 Å². The summed E-state index contributed by atoms with van der Waals surface area (Å²) < 4.78 is 11.1. The van der Waals surface area contributed by atoms with E-state index in [-0.39, 0.29) is 34.2 Å². The quantitative estimate of drug-likeness (QED) is 0.474. The summed E-state index contributed by atoms with van der Waals surface area (Å²) in [6.45, 7) is -0.0146. The molecule has 1 heterocycles. The molecule has 4 nitrogen and oxygen atoms in total. The Morgan fingerprint density at radius 2 is 1.50 bits per heavy atom. The van der Waals surface area contributed by atoms with Crippen LogP contribution >= 0.6 is 58.0 Å². The lowest BCUT2D eigenvalue weighted by Gasteiger charge is -2.08. The molecule has 0 fully saturated rings. The summed E-state index contributed by atoms with van der Waals surface area (Å²) in [7, 11) is 0. The van der Waals surface area contributed by atoms with Gasteiger partial charge in [-0.15, -0.1) is 10.2 Å². The molecule has 9 heteroatoms. The van der Waals surface area contributed by atoms with Gasteiger partial charge in [-0.05, 0) is 30.3 Å². The molecule has 0 aliphatic heterocycles. The van der Waals surface area contributed by atoms with Crippen LogP contribution < -0.4 is 4.74 Å². The molecular formula is C15H7Cl5N2O2. The van der Waals surface area contributed by atoms with E-state index in [4.69, 9.17) is 67.2 Å². The van der Waals surface area contributed by atoms with Gasteiger partial charge in [0.15, 0.2) is 12.4 Å². The minimum Gasteiger partial charge on any atom is -0.481 e. The third-order valence-electron chi connectivity index (χ3n) is 2.93. The standard InChI is InChI=1S/C15H7Cl5N2O2/c16-7-1-2-9(10(18)3-7)15-22-21-13(24-15)6-23-14-11(19)4-8(17)5-12(14)20/h1-5H,6H2. The zero-order chi connectivity index (χ0) is 17.3. The zero-order valence-corrected chi connectivity index (χ0v) is 15.5. The van der Waals surface area contributed by atoms with Crippen LogP contribution in [0.1, 0.15) is 5.89 Å². The maximum Gasteiger partial charge on any atom is 0.254 e. The van der Waals surface area contributed by atoms with Crippen LogP contribution in [0.25, 0.3) is 11.5 Å². The predicted octanol–water partition coefficient (Wildman–Crippen LogP) is 6.58. The molecule has 0 unspecified atom stereocenters. The summed E-state index contributed by atoms with van der Waals surface area (Å²) >= 11 is 29.9. The number of hydrogen-bond donors (Lipinski definition) is 0. The number of hydrogen-bond acceptors (Lipinski definition) is 4. The van der Waals surface area contributed by atoms with Gasteiger partial charge in [0, 0.05) is 10.0 Å². The second-order valence-corrected chi connectivity index (χ2v) is 6.71. The Balaban J connectivity index is 1.78. The van der Waals surface area contributed by atoms with E-state index in [1.165, 1.54) is 12.1 Å². The zero-order valence-electron chi connectivity index (χ0n) is 11.7. The summed E-state index contributed by atoms with van der Waals surface area (Å²) in [6.07, 6.45) is 0. The minimum absolute atomic E-state index is 0.0146. The minimum atomic E-state index is -0.0146. The van der Waals surface area contributed by atoms with E-state index in [1.807, 2.05) is 0 Å². The first-order valence-electron chi connectivity index (χ1n) is 6.49. The van der Waals surface area contributed by atoms with Gasteiger partial charge in [-0.1, -0.05) is 58.0 Å². The second kappa shape index (κ2) is 7.38. The van der Waals surface area contributed by atoms with Crippen LogP contribution in [-0.2, 0) is 6.61 Å². The molecule has 0 N–H and O–H groups in total. The van der Waals surface area contributed by atoms with Gasteiger partial charge in [0.05, 0.1) is 20.6 Å². The smallest absolute Gasteiger partial charge is 0.254 e. The molecule has 0 aliphatic rings. The molecule has 0 aliphatic carbocycles. The number of aromatic nitrogens is 2. The molecule has 0 radical (unpaired) electrons. The monoisotopic (exact) mass is 422 g/mol. The van der Waals surface area contributed by atoms with Gasteiger partial charge < -0.3 is 9.15 Å². The van der Waals surface area contributed by atoms with Crippen LogP contribution in [0.3, 0.4) is 0 Å². The first-order valence-corrected chi connectivity index (χ1v) is 8.38. The fraction of sp³-hybridized carbons (Fsp3) is 0.0667. The topological polar surface area (TPSA) is 48.2 Å². The molecule has 0 bridgehead atoms. The van der Waals surface area contributed by atoms with Crippen molar-refractivity contribution >= 4 is 58.0 Å². The number of nitrogens with zero attached hydrogens (tertiary/aromatic N) is 2. The van der Waals surface area contributed by atoms with Crippen molar-refractivity contribution in [2.45, 2.75) is 6.61 Å². The third-order valence-corrected chi connectivity index (χ3v) is 4.26. The summed E-state index contributed by atoms with van der Waals surface area (Å²) in [4.78, 5) is 0. The van der Waals surface area contributed by atoms with Crippen molar-refractivity contribution in [3.8, 4) is 17.2 Å². The average Bonchev–Trinajstić information content (AvgIpc) is 2.94. The van der Waals surface area contributed by atoms with Gasteiger partial charge >= 0.3 is 0 Å². The Kier molecular flexibility index (Phi) is 5.42. The lowest BCUT2D eigenvalue weighted by molar-refractivity contribution is 0.265. The maximum absolute atomic E-state index is 6.11. The summed E-state index contributed by atoms with van der Waals surface area (Å²) in [5.74, 6) is 0.772. The van der Waals surface area contributed by atoms with Crippen molar-refractivity contribution in [2.75, 3.05) is 0 Å². The molecule has 2 aromatic carbocycles. The molecule has 0 saturated heterocycles. The highest BCUT2D eigenvalue weighted by molar-refractivity contribution is 6.40. The largest absolute Gasteiger partial charge is 0.481 e. The molecule has 0 atom stereocenters. The van der Waals surface area contributed by atoms with Gasteiger partial charge in [0.25, 0.3) is 5.89 Å². The molecule has 0 spiro atoms. The first-order chi connectivity index (χ1) is 11.4. The first kappa shape index (κ1) is 17.6. The predicted molar refractivity (Wildman–Crippen MR) is 95.6 cm³/mol. The van der Waals surface area contributed by atoms with Gasteiger partial charge in [-0.25, -0.2) is 0 Å². The highest BCUT2D eigenvalue weighted by Crippen LogP contribution is 2.36. The van der Waals surface area contributed by atoms with E-state index >= 15 is 0 Å². The molecular weight excluding hydrogens is 417 g/mol. The van der Waals surface area contributed by atoms with Gasteiger partial charge in [0.1, 0.15) is 0 Å². The number of ether oxygens (including phenoxy) is 1. The van der Waals surface area contributed by atoms with Crippen LogP contribution in [0.15, 0.2) is 34.7 Å². The van der Waals surface area contributed by atoms with Crippen molar-refractivity contribution in [1.82, 2.24) is 10.2 Å². The lowest BCUT2D eigenvalue weighted by Crippen LogP contribution is -1.97. The normalized spacial score (nSPS) is 10.9. The molecule has 3 rings (SSSR count). The number of benzene rings is 2. The Morgan fingerprint density at radius 1 is 0.833 bits per heavy atom. The van der Waals surface area contributed by atoms with Gasteiger partial charge in [-0.3, -0.25) is 0 Å². The van der Waals surface area contributed by atoms with Gasteiger partial charge in [-0.2, -0.15) is 0 Å². The summed E-state index contributed by atoms with van der Waals surface area (Å²) in [6, 6.07) is 8.01. The Labute approximate surface area is 162 Å². The molecule has 0 saturated carbocycles. The van der Waals surface area contributed by atoms with E-state index in [0.717, 1.165) is 0 Å². The number of halogens is 5. The lowest BCUT2D eigenvalue weighted by atomic mass is 10.2. The fourth-order valence-electron chi connectivity index (χ4n) is 1.88. The van der Waals surface area contributed by atoms with Crippen molar-refractivity contribution in [3.63, 3.8) is 0 Å². The van der Waals surface area contributed by atoms with Crippen LogP contribution in [-0.4, -0.2) is 10.2 Å². The SMILES string of the molecule is Clc1ccc(-c2nnc(COc3c(Cl)cc(Cl)cc3Cl)o2)c(Cl)c1. The maximum atomic E-state index is 6.11. The molecule has 0 amide bonds. The Bertz CT molecular complexity index is 874. The number of rotatable bonds is 4. The highest BCUT2D eigenvalue weighted by Gasteiger charge is 2.15. The van der Waals surface area contributed by atoms with Crippen molar-refractivity contribution in [3.05, 3.63) is 61.3 Å². The highest BCUT2D eigenvalue weighted by atomic mass is 35.5. The van der Waals surface area contributed by atoms with Crippen LogP contribution in [0, 0.1) is 0 Å². The van der Waals surface area contributed by atoms with E-state index in [1.54, 1.807) is 18.2 Å². The fourth-order valence-corrected chi connectivity index (χ4v) is 3.30. The Hall–Kier alpha value is -1.17. The van der Waals surface area contributed by atoms with Crippen molar-refractivity contribution in [1.29, 1.82) is 0 Å². The van der Waals surface area contributed by atoms with E-state index in [2.05, 4.69) is 10.2 Å².